The van der Waals surface area contributed by atoms with Crippen molar-refractivity contribution in [2.75, 3.05) is 0 Å². The van der Waals surface area contributed by atoms with Gasteiger partial charge in [0, 0.05) is 9.79 Å². The van der Waals surface area contributed by atoms with Crippen molar-refractivity contribution in [3.63, 3.8) is 0 Å². The van der Waals surface area contributed by atoms with Crippen molar-refractivity contribution >= 4 is 23.5 Å². The van der Waals surface area contributed by atoms with Crippen LogP contribution in [0.2, 0.25) is 0 Å². The Morgan fingerprint density at radius 1 is 0.842 bits per heavy atom. The fraction of sp³-hybridized carbons (Fsp3) is 0.250. The molecule has 0 spiro atoms. The summed E-state index contributed by atoms with van der Waals surface area (Å²) in [5.41, 5.74) is 0. The lowest BCUT2D eigenvalue weighted by molar-refractivity contribution is 0.190. The summed E-state index contributed by atoms with van der Waals surface area (Å²) in [5, 5.41) is 9.65. The molecule has 1 N–H and O–H groups in total. The van der Waals surface area contributed by atoms with Crippen LogP contribution in [-0.4, -0.2) is 15.8 Å². The molecule has 0 saturated heterocycles. The molecule has 3 heteroatoms. The van der Waals surface area contributed by atoms with Crippen molar-refractivity contribution in [1.29, 1.82) is 0 Å². The third-order valence-electron chi connectivity index (χ3n) is 2.56. The Bertz CT molecular complexity index is 429. The third-order valence-corrected chi connectivity index (χ3v) is 5.13. The maximum Gasteiger partial charge on any atom is 0.0621 e. The molecule has 0 saturated carbocycles. The summed E-state index contributed by atoms with van der Waals surface area (Å²) in [6.45, 7) is 1.85. The van der Waals surface area contributed by atoms with Crippen molar-refractivity contribution in [3.8, 4) is 0 Å². The number of benzene rings is 2. The van der Waals surface area contributed by atoms with Crippen LogP contribution in [0.25, 0.3) is 0 Å². The highest BCUT2D eigenvalue weighted by Gasteiger charge is 2.14. The van der Waals surface area contributed by atoms with E-state index in [0.29, 0.717) is 4.58 Å². The lowest BCUT2D eigenvalue weighted by atomic mass is 10.3. The minimum atomic E-state index is -0.280. The zero-order valence-electron chi connectivity index (χ0n) is 10.9. The quantitative estimate of drug-likeness (QED) is 0.617. The molecule has 0 heterocycles. The van der Waals surface area contributed by atoms with Crippen molar-refractivity contribution in [3.05, 3.63) is 60.7 Å². The highest BCUT2D eigenvalue weighted by molar-refractivity contribution is 8.17. The highest BCUT2D eigenvalue weighted by Crippen LogP contribution is 2.37. The second-order valence-corrected chi connectivity index (χ2v) is 7.23. The molecular weight excluding hydrogens is 272 g/mol. The second-order valence-electron chi connectivity index (χ2n) is 4.38. The Morgan fingerprint density at radius 2 is 1.26 bits per heavy atom. The lowest BCUT2D eigenvalue weighted by Gasteiger charge is -2.17. The van der Waals surface area contributed by atoms with Crippen LogP contribution in [-0.2, 0) is 0 Å². The maximum atomic E-state index is 9.65. The molecule has 0 aromatic heterocycles. The predicted molar refractivity (Wildman–Crippen MR) is 84.7 cm³/mol. The molecule has 2 aromatic rings. The van der Waals surface area contributed by atoms with Crippen LogP contribution in [0.4, 0.5) is 0 Å². The van der Waals surface area contributed by atoms with E-state index in [0.717, 1.165) is 6.42 Å². The zero-order chi connectivity index (χ0) is 13.5. The molecule has 0 aliphatic heterocycles. The van der Waals surface area contributed by atoms with Crippen molar-refractivity contribution in [2.45, 2.75) is 33.8 Å². The van der Waals surface area contributed by atoms with Crippen LogP contribution in [0.1, 0.15) is 13.3 Å². The predicted octanol–water partition coefficient (Wildman–Crippen LogP) is 4.67. The first kappa shape index (κ1) is 14.5. The van der Waals surface area contributed by atoms with Crippen LogP contribution in [0.15, 0.2) is 70.5 Å². The van der Waals surface area contributed by atoms with E-state index in [1.807, 2.05) is 42.6 Å². The number of hydrogen-bond donors (Lipinski definition) is 1. The van der Waals surface area contributed by atoms with E-state index >= 15 is 0 Å². The topological polar surface area (TPSA) is 20.2 Å². The molecule has 1 atom stereocenters. The fourth-order valence-electron chi connectivity index (χ4n) is 1.70. The van der Waals surface area contributed by atoms with Gasteiger partial charge in [0.05, 0.1) is 10.7 Å². The summed E-state index contributed by atoms with van der Waals surface area (Å²) in [6.07, 6.45) is 0.497. The van der Waals surface area contributed by atoms with E-state index in [2.05, 4.69) is 48.5 Å². The molecule has 2 rings (SSSR count). The Kier molecular flexibility index (Phi) is 5.83. The lowest BCUT2D eigenvalue weighted by Crippen LogP contribution is -2.08. The average Bonchev–Trinajstić information content (AvgIpc) is 2.40. The Labute approximate surface area is 123 Å². The van der Waals surface area contributed by atoms with Gasteiger partial charge in [-0.1, -0.05) is 36.4 Å². The largest absolute Gasteiger partial charge is 0.393 e. The molecule has 0 fully saturated rings. The van der Waals surface area contributed by atoms with Gasteiger partial charge in [0.25, 0.3) is 0 Å². The summed E-state index contributed by atoms with van der Waals surface area (Å²) in [7, 11) is 0. The zero-order valence-corrected chi connectivity index (χ0v) is 12.5. The molecule has 19 heavy (non-hydrogen) atoms. The van der Waals surface area contributed by atoms with Crippen LogP contribution >= 0.6 is 23.5 Å². The first-order valence-corrected chi connectivity index (χ1v) is 8.11. The van der Waals surface area contributed by atoms with E-state index in [9.17, 15) is 5.11 Å². The minimum absolute atomic E-state index is 0.280. The minimum Gasteiger partial charge on any atom is -0.393 e. The highest BCUT2D eigenvalue weighted by atomic mass is 32.2. The SMILES string of the molecule is CC(O)CC(Sc1ccccc1)Sc1ccccc1. The molecule has 1 nitrogen and oxygen atoms in total. The van der Waals surface area contributed by atoms with Crippen LogP contribution in [0.5, 0.6) is 0 Å². The van der Waals surface area contributed by atoms with Crippen molar-refractivity contribution in [2.24, 2.45) is 0 Å². The van der Waals surface area contributed by atoms with Gasteiger partial charge < -0.3 is 5.11 Å². The molecule has 1 unspecified atom stereocenters. The van der Waals surface area contributed by atoms with Gasteiger partial charge in [0.15, 0.2) is 0 Å². The Hall–Kier alpha value is -0.900. The van der Waals surface area contributed by atoms with Gasteiger partial charge >= 0.3 is 0 Å². The normalized spacial score (nSPS) is 12.6. The molecule has 0 bridgehead atoms. The molecule has 0 aliphatic carbocycles. The summed E-state index contributed by atoms with van der Waals surface area (Å²) < 4.78 is 0.324. The maximum absolute atomic E-state index is 9.65. The molecule has 100 valence electrons. The molecule has 2 aromatic carbocycles. The van der Waals surface area contributed by atoms with E-state index < -0.39 is 0 Å². The molecule has 0 aliphatic rings. The smallest absolute Gasteiger partial charge is 0.0621 e. The summed E-state index contributed by atoms with van der Waals surface area (Å²) >= 11 is 3.63. The number of thioether (sulfide) groups is 2. The van der Waals surface area contributed by atoms with Gasteiger partial charge in [0.2, 0.25) is 0 Å². The van der Waals surface area contributed by atoms with E-state index in [4.69, 9.17) is 0 Å². The molecular formula is C16H18OS2. The van der Waals surface area contributed by atoms with Crippen LogP contribution in [0.3, 0.4) is 0 Å². The summed E-state index contributed by atoms with van der Waals surface area (Å²) in [4.78, 5) is 2.49. The number of aliphatic hydroxyl groups is 1. The van der Waals surface area contributed by atoms with Crippen LogP contribution < -0.4 is 0 Å². The standard InChI is InChI=1S/C16H18OS2/c1-13(17)12-16(18-14-8-4-2-5-9-14)19-15-10-6-3-7-11-15/h2-11,13,16-17H,12H2,1H3. The summed E-state index contributed by atoms with van der Waals surface area (Å²) in [6, 6.07) is 20.7. The van der Waals surface area contributed by atoms with E-state index in [-0.39, 0.29) is 6.10 Å². The van der Waals surface area contributed by atoms with Gasteiger partial charge in [0.1, 0.15) is 0 Å². The van der Waals surface area contributed by atoms with Gasteiger partial charge in [-0.05, 0) is 37.6 Å². The Balaban J connectivity index is 2.03. The summed E-state index contributed by atoms with van der Waals surface area (Å²) in [5.74, 6) is 0. The van der Waals surface area contributed by atoms with Crippen LogP contribution in [0, 0.1) is 0 Å². The second kappa shape index (κ2) is 7.63. The van der Waals surface area contributed by atoms with Gasteiger partial charge in [-0.15, -0.1) is 23.5 Å². The fourth-order valence-corrected chi connectivity index (χ4v) is 4.54. The molecule has 0 amide bonds. The Morgan fingerprint density at radius 3 is 1.63 bits per heavy atom. The third kappa shape index (κ3) is 5.31. The van der Waals surface area contributed by atoms with Gasteiger partial charge in [-0.3, -0.25) is 0 Å². The van der Waals surface area contributed by atoms with Gasteiger partial charge in [-0.2, -0.15) is 0 Å². The number of hydrogen-bond acceptors (Lipinski definition) is 3. The average molecular weight is 290 g/mol. The number of aliphatic hydroxyl groups excluding tert-OH is 1. The van der Waals surface area contributed by atoms with E-state index in [1.54, 1.807) is 0 Å². The number of rotatable bonds is 6. The van der Waals surface area contributed by atoms with Gasteiger partial charge in [-0.25, -0.2) is 0 Å². The molecule has 0 radical (unpaired) electrons. The van der Waals surface area contributed by atoms with E-state index in [1.165, 1.54) is 9.79 Å². The first-order valence-electron chi connectivity index (χ1n) is 6.35. The monoisotopic (exact) mass is 290 g/mol. The van der Waals surface area contributed by atoms with Crippen molar-refractivity contribution in [1.82, 2.24) is 0 Å². The first-order chi connectivity index (χ1) is 9.24. The van der Waals surface area contributed by atoms with Crippen molar-refractivity contribution < 1.29 is 5.11 Å².